The molecule has 0 unspecified atom stereocenters. The Bertz CT molecular complexity index is 492. The number of aliphatic carboxylic acids is 2. The van der Waals surface area contributed by atoms with Crippen LogP contribution in [0.5, 0.6) is 0 Å². The number of halogens is 1. The maximum atomic E-state index is 11.6. The van der Waals surface area contributed by atoms with Crippen LogP contribution in [0.1, 0.15) is 19.3 Å². The van der Waals surface area contributed by atoms with Gasteiger partial charge in [0.1, 0.15) is 5.54 Å². The lowest BCUT2D eigenvalue weighted by Crippen LogP contribution is -2.57. The Labute approximate surface area is 121 Å². The molecule has 0 aromatic rings. The maximum Gasteiger partial charge on any atom is 0.329 e. The molecule has 1 spiro atoms. The van der Waals surface area contributed by atoms with Crippen LogP contribution >= 0.6 is 12.4 Å². The van der Waals surface area contributed by atoms with E-state index in [2.05, 4.69) is 5.32 Å². The van der Waals surface area contributed by atoms with Gasteiger partial charge in [-0.3, -0.25) is 9.59 Å². The Hall–Kier alpha value is -1.34. The van der Waals surface area contributed by atoms with Crippen molar-refractivity contribution in [3.05, 3.63) is 0 Å². The van der Waals surface area contributed by atoms with Gasteiger partial charge >= 0.3 is 11.9 Å². The van der Waals surface area contributed by atoms with Crippen molar-refractivity contribution >= 4 is 30.3 Å². The standard InChI is InChI=1S/C12H16N2O5.ClH/c13-3-5(15)14-12(10(18)19)4-11(1-2-11)7-6(8(7)12)9(16)17;/h6-8H,1-4,13H2,(H,14,15)(H,16,17)(H,18,19);1H/t6-,7-,8+,12-;/m0./s1. The van der Waals surface area contributed by atoms with Crippen LogP contribution < -0.4 is 11.1 Å². The SMILES string of the molecule is Cl.NCC(=O)N[C@@]1(C(=O)O)CC2(CC2)[C@H]2[C@H](C(=O)O)[C@H]21. The van der Waals surface area contributed by atoms with Crippen LogP contribution in [-0.2, 0) is 14.4 Å². The highest BCUT2D eigenvalue weighted by molar-refractivity contribution is 5.91. The van der Waals surface area contributed by atoms with Gasteiger partial charge in [-0.2, -0.15) is 0 Å². The molecule has 1 amide bonds. The molecule has 0 heterocycles. The summed E-state index contributed by atoms with van der Waals surface area (Å²) in [5, 5.41) is 21.2. The molecular weight excluding hydrogens is 288 g/mol. The molecule has 3 fully saturated rings. The van der Waals surface area contributed by atoms with Crippen molar-refractivity contribution in [2.24, 2.45) is 28.9 Å². The normalized spacial score (nSPS) is 38.5. The number of hydrogen-bond donors (Lipinski definition) is 4. The van der Waals surface area contributed by atoms with E-state index in [1.807, 2.05) is 0 Å². The first-order chi connectivity index (χ1) is 8.88. The van der Waals surface area contributed by atoms with Crippen molar-refractivity contribution in [2.75, 3.05) is 6.54 Å². The Morgan fingerprint density at radius 2 is 1.80 bits per heavy atom. The Morgan fingerprint density at radius 1 is 1.20 bits per heavy atom. The molecule has 0 aliphatic heterocycles. The summed E-state index contributed by atoms with van der Waals surface area (Å²) in [5.41, 5.74) is 3.59. The van der Waals surface area contributed by atoms with Gasteiger partial charge in [0.05, 0.1) is 12.5 Å². The lowest BCUT2D eigenvalue weighted by atomic mass is 9.85. The maximum absolute atomic E-state index is 11.6. The van der Waals surface area contributed by atoms with E-state index in [0.29, 0.717) is 6.42 Å². The molecule has 3 aliphatic rings. The smallest absolute Gasteiger partial charge is 0.329 e. The minimum atomic E-state index is -1.44. The van der Waals surface area contributed by atoms with Crippen molar-refractivity contribution in [1.82, 2.24) is 5.32 Å². The Morgan fingerprint density at radius 3 is 2.20 bits per heavy atom. The van der Waals surface area contributed by atoms with Crippen LogP contribution in [0, 0.1) is 23.2 Å². The predicted octanol–water partition coefficient (Wildman–Crippen LogP) is -0.563. The molecule has 8 heteroatoms. The third kappa shape index (κ3) is 1.73. The average Bonchev–Trinajstić information content (AvgIpc) is 3.18. The molecule has 20 heavy (non-hydrogen) atoms. The van der Waals surface area contributed by atoms with Crippen LogP contribution in [0.4, 0.5) is 0 Å². The first kappa shape index (κ1) is 15.1. The first-order valence-corrected chi connectivity index (χ1v) is 6.35. The van der Waals surface area contributed by atoms with Gasteiger partial charge in [-0.15, -0.1) is 12.4 Å². The molecule has 0 aromatic carbocycles. The minimum Gasteiger partial charge on any atom is -0.481 e. The van der Waals surface area contributed by atoms with Gasteiger partial charge in [-0.1, -0.05) is 0 Å². The van der Waals surface area contributed by atoms with Gasteiger partial charge < -0.3 is 21.3 Å². The highest BCUT2D eigenvalue weighted by Gasteiger charge is 2.82. The van der Waals surface area contributed by atoms with Crippen LogP contribution in [0.3, 0.4) is 0 Å². The van der Waals surface area contributed by atoms with E-state index in [-0.39, 0.29) is 30.3 Å². The number of hydrogen-bond acceptors (Lipinski definition) is 4. The lowest BCUT2D eigenvalue weighted by Gasteiger charge is -2.30. The van der Waals surface area contributed by atoms with Crippen molar-refractivity contribution in [2.45, 2.75) is 24.8 Å². The van der Waals surface area contributed by atoms with E-state index in [9.17, 15) is 24.6 Å². The molecular formula is C12H17ClN2O5. The van der Waals surface area contributed by atoms with Gasteiger partial charge in [0.15, 0.2) is 0 Å². The highest BCUT2D eigenvalue weighted by Crippen LogP contribution is 2.78. The van der Waals surface area contributed by atoms with Crippen LogP contribution in [-0.4, -0.2) is 40.1 Å². The molecule has 5 N–H and O–H groups in total. The summed E-state index contributed by atoms with van der Waals surface area (Å²) in [6.45, 7) is -0.294. The van der Waals surface area contributed by atoms with E-state index in [1.165, 1.54) is 0 Å². The summed E-state index contributed by atoms with van der Waals surface area (Å²) in [6, 6.07) is 0. The number of rotatable bonds is 4. The Kier molecular flexibility index (Phi) is 3.26. The number of carbonyl (C=O) groups excluding carboxylic acids is 1. The zero-order chi connectivity index (χ0) is 14.0. The van der Waals surface area contributed by atoms with Gasteiger partial charge in [0, 0.05) is 5.92 Å². The second-order valence-electron chi connectivity index (χ2n) is 5.98. The van der Waals surface area contributed by atoms with Gasteiger partial charge in [0.25, 0.3) is 0 Å². The monoisotopic (exact) mass is 304 g/mol. The van der Waals surface area contributed by atoms with Crippen LogP contribution in [0.25, 0.3) is 0 Å². The quantitative estimate of drug-likeness (QED) is 0.551. The average molecular weight is 305 g/mol. The largest absolute Gasteiger partial charge is 0.481 e. The van der Waals surface area contributed by atoms with Crippen molar-refractivity contribution in [1.29, 1.82) is 0 Å². The molecule has 112 valence electrons. The van der Waals surface area contributed by atoms with Crippen molar-refractivity contribution in [3.63, 3.8) is 0 Å². The Balaban J connectivity index is 0.00000147. The van der Waals surface area contributed by atoms with E-state index in [1.54, 1.807) is 0 Å². The van der Waals surface area contributed by atoms with Gasteiger partial charge in [-0.05, 0) is 30.6 Å². The number of fused-ring (bicyclic) bond motifs is 2. The van der Waals surface area contributed by atoms with Crippen molar-refractivity contribution < 1.29 is 24.6 Å². The summed E-state index contributed by atoms with van der Waals surface area (Å²) in [4.78, 5) is 34.4. The van der Waals surface area contributed by atoms with E-state index >= 15 is 0 Å². The fourth-order valence-corrected chi connectivity index (χ4v) is 4.15. The molecule has 4 atom stereocenters. The molecule has 3 saturated carbocycles. The summed E-state index contributed by atoms with van der Waals surface area (Å²) in [7, 11) is 0. The van der Waals surface area contributed by atoms with Crippen LogP contribution in [0.15, 0.2) is 0 Å². The number of carboxylic acid groups (broad SMARTS) is 2. The van der Waals surface area contributed by atoms with Crippen LogP contribution in [0.2, 0.25) is 0 Å². The van der Waals surface area contributed by atoms with E-state index in [0.717, 1.165) is 12.8 Å². The number of carbonyl (C=O) groups is 3. The number of amides is 1. The topological polar surface area (TPSA) is 130 Å². The number of nitrogens with one attached hydrogen (secondary N) is 1. The fraction of sp³-hybridized carbons (Fsp3) is 0.750. The minimum absolute atomic E-state index is 0. The van der Waals surface area contributed by atoms with Gasteiger partial charge in [0.2, 0.25) is 5.91 Å². The fourth-order valence-electron chi connectivity index (χ4n) is 4.15. The molecule has 7 nitrogen and oxygen atoms in total. The third-order valence-corrected chi connectivity index (χ3v) is 5.03. The summed E-state index contributed by atoms with van der Waals surface area (Å²) >= 11 is 0. The first-order valence-electron chi connectivity index (χ1n) is 6.35. The summed E-state index contributed by atoms with van der Waals surface area (Å²) < 4.78 is 0. The molecule has 3 aliphatic carbocycles. The molecule has 0 saturated heterocycles. The zero-order valence-corrected chi connectivity index (χ0v) is 11.5. The van der Waals surface area contributed by atoms with Gasteiger partial charge in [-0.25, -0.2) is 4.79 Å². The van der Waals surface area contributed by atoms with E-state index < -0.39 is 35.2 Å². The number of nitrogens with two attached hydrogens (primary N) is 1. The van der Waals surface area contributed by atoms with E-state index in [4.69, 9.17) is 5.73 Å². The molecule has 0 bridgehead atoms. The predicted molar refractivity (Wildman–Crippen MR) is 69.2 cm³/mol. The molecule has 0 radical (unpaired) electrons. The zero-order valence-electron chi connectivity index (χ0n) is 10.7. The summed E-state index contributed by atoms with van der Waals surface area (Å²) in [5.74, 6) is -3.91. The second kappa shape index (κ2) is 4.33. The number of carboxylic acids is 2. The molecule has 3 rings (SSSR count). The lowest BCUT2D eigenvalue weighted by molar-refractivity contribution is -0.150. The molecule has 0 aromatic heterocycles. The highest BCUT2D eigenvalue weighted by atomic mass is 35.5. The second-order valence-corrected chi connectivity index (χ2v) is 5.98. The van der Waals surface area contributed by atoms with Crippen molar-refractivity contribution in [3.8, 4) is 0 Å². The summed E-state index contributed by atoms with van der Waals surface area (Å²) in [6.07, 6.45) is 2.04. The third-order valence-electron chi connectivity index (χ3n) is 5.03.